The molecule has 1 aliphatic heterocycles. The van der Waals surface area contributed by atoms with E-state index in [1.54, 1.807) is 24.3 Å². The Morgan fingerprint density at radius 2 is 1.82 bits per heavy atom. The lowest BCUT2D eigenvalue weighted by Crippen LogP contribution is -2.48. The SMILES string of the molecule is N#Cc1cccc(C(=O)N2CCN(Cc3nnc(-c4ccccc4)o3)CC2)c1. The summed E-state index contributed by atoms with van der Waals surface area (Å²) in [6.45, 7) is 3.26. The van der Waals surface area contributed by atoms with E-state index in [4.69, 9.17) is 9.68 Å². The summed E-state index contributed by atoms with van der Waals surface area (Å²) in [5.41, 5.74) is 1.95. The number of piperazine rings is 1. The molecule has 0 unspecified atom stereocenters. The Labute approximate surface area is 162 Å². The van der Waals surface area contributed by atoms with Gasteiger partial charge >= 0.3 is 0 Å². The minimum absolute atomic E-state index is 0.0408. The smallest absolute Gasteiger partial charge is 0.253 e. The number of hydrogen-bond donors (Lipinski definition) is 0. The first-order valence-electron chi connectivity index (χ1n) is 9.12. The second kappa shape index (κ2) is 8.03. The van der Waals surface area contributed by atoms with Crippen LogP contribution in [0, 0.1) is 11.3 Å². The third-order valence-electron chi connectivity index (χ3n) is 4.74. The van der Waals surface area contributed by atoms with Crippen molar-refractivity contribution in [2.24, 2.45) is 0 Å². The van der Waals surface area contributed by atoms with Gasteiger partial charge in [0.05, 0.1) is 18.2 Å². The molecule has 1 aliphatic rings. The predicted octanol–water partition coefficient (Wildman–Crippen LogP) is 2.57. The lowest BCUT2D eigenvalue weighted by Gasteiger charge is -2.34. The summed E-state index contributed by atoms with van der Waals surface area (Å²) in [5.74, 6) is 1.04. The van der Waals surface area contributed by atoms with Gasteiger partial charge in [0.2, 0.25) is 11.8 Å². The summed E-state index contributed by atoms with van der Waals surface area (Å²) in [6, 6.07) is 18.6. The first-order valence-corrected chi connectivity index (χ1v) is 9.12. The average Bonchev–Trinajstić information content (AvgIpc) is 3.23. The van der Waals surface area contributed by atoms with Crippen molar-refractivity contribution in [2.45, 2.75) is 6.54 Å². The highest BCUT2D eigenvalue weighted by molar-refractivity contribution is 5.94. The summed E-state index contributed by atoms with van der Waals surface area (Å²) in [7, 11) is 0. The Morgan fingerprint density at radius 1 is 1.04 bits per heavy atom. The van der Waals surface area contributed by atoms with E-state index in [-0.39, 0.29) is 5.91 Å². The molecular formula is C21H19N5O2. The Kier molecular flexibility index (Phi) is 5.13. The number of amides is 1. The van der Waals surface area contributed by atoms with Gasteiger partial charge in [0, 0.05) is 37.3 Å². The van der Waals surface area contributed by atoms with Crippen molar-refractivity contribution < 1.29 is 9.21 Å². The fraction of sp³-hybridized carbons (Fsp3) is 0.238. The summed E-state index contributed by atoms with van der Waals surface area (Å²) < 4.78 is 5.77. The van der Waals surface area contributed by atoms with Crippen LogP contribution >= 0.6 is 0 Å². The zero-order valence-electron chi connectivity index (χ0n) is 15.3. The molecule has 0 spiro atoms. The second-order valence-corrected chi connectivity index (χ2v) is 6.63. The molecule has 28 heavy (non-hydrogen) atoms. The van der Waals surface area contributed by atoms with Gasteiger partial charge in [-0.3, -0.25) is 9.69 Å². The van der Waals surface area contributed by atoms with E-state index in [2.05, 4.69) is 21.2 Å². The highest BCUT2D eigenvalue weighted by atomic mass is 16.4. The fourth-order valence-corrected chi connectivity index (χ4v) is 3.22. The van der Waals surface area contributed by atoms with Crippen LogP contribution in [-0.2, 0) is 6.54 Å². The number of rotatable bonds is 4. The van der Waals surface area contributed by atoms with E-state index >= 15 is 0 Å². The van der Waals surface area contributed by atoms with Gasteiger partial charge in [0.1, 0.15) is 0 Å². The van der Waals surface area contributed by atoms with Gasteiger partial charge in [0.25, 0.3) is 5.91 Å². The molecule has 7 heteroatoms. The van der Waals surface area contributed by atoms with Crippen LogP contribution in [0.3, 0.4) is 0 Å². The molecule has 4 rings (SSSR count). The minimum Gasteiger partial charge on any atom is -0.419 e. The van der Waals surface area contributed by atoms with Crippen LogP contribution in [-0.4, -0.2) is 52.1 Å². The molecule has 7 nitrogen and oxygen atoms in total. The van der Waals surface area contributed by atoms with E-state index in [0.29, 0.717) is 42.5 Å². The molecule has 0 N–H and O–H groups in total. The van der Waals surface area contributed by atoms with E-state index in [0.717, 1.165) is 18.7 Å². The van der Waals surface area contributed by atoms with E-state index < -0.39 is 0 Å². The number of carbonyl (C=O) groups excluding carboxylic acids is 1. The average molecular weight is 373 g/mol. The number of nitriles is 1. The largest absolute Gasteiger partial charge is 0.419 e. The second-order valence-electron chi connectivity index (χ2n) is 6.63. The van der Waals surface area contributed by atoms with Crippen molar-refractivity contribution in [1.82, 2.24) is 20.0 Å². The lowest BCUT2D eigenvalue weighted by molar-refractivity contribution is 0.0618. The molecular weight excluding hydrogens is 354 g/mol. The van der Waals surface area contributed by atoms with Gasteiger partial charge in [-0.05, 0) is 30.3 Å². The maximum absolute atomic E-state index is 12.7. The van der Waals surface area contributed by atoms with Crippen LogP contribution in [0.5, 0.6) is 0 Å². The Hall–Kier alpha value is -3.50. The zero-order chi connectivity index (χ0) is 19.3. The van der Waals surface area contributed by atoms with Crippen LogP contribution < -0.4 is 0 Å². The van der Waals surface area contributed by atoms with Gasteiger partial charge in [0.15, 0.2) is 0 Å². The Morgan fingerprint density at radius 3 is 2.57 bits per heavy atom. The summed E-state index contributed by atoms with van der Waals surface area (Å²) in [5, 5.41) is 17.3. The number of nitrogens with zero attached hydrogens (tertiary/aromatic N) is 5. The molecule has 1 aromatic heterocycles. The molecule has 140 valence electrons. The van der Waals surface area contributed by atoms with Crippen molar-refractivity contribution in [3.8, 4) is 17.5 Å². The first-order chi connectivity index (χ1) is 13.7. The van der Waals surface area contributed by atoms with Crippen molar-refractivity contribution in [1.29, 1.82) is 5.26 Å². The Balaban J connectivity index is 1.34. The zero-order valence-corrected chi connectivity index (χ0v) is 15.3. The van der Waals surface area contributed by atoms with Gasteiger partial charge in [-0.15, -0.1) is 10.2 Å². The summed E-state index contributed by atoms with van der Waals surface area (Å²) in [6.07, 6.45) is 0. The number of benzene rings is 2. The standard InChI is InChI=1S/C21H19N5O2/c22-14-16-5-4-8-18(13-16)21(27)26-11-9-25(10-12-26)15-19-23-24-20(28-19)17-6-2-1-3-7-17/h1-8,13H,9-12,15H2. The maximum atomic E-state index is 12.7. The van der Waals surface area contributed by atoms with Crippen molar-refractivity contribution in [2.75, 3.05) is 26.2 Å². The number of aromatic nitrogens is 2. The van der Waals surface area contributed by atoms with Gasteiger partial charge < -0.3 is 9.32 Å². The minimum atomic E-state index is -0.0408. The van der Waals surface area contributed by atoms with Gasteiger partial charge in [-0.2, -0.15) is 5.26 Å². The number of carbonyl (C=O) groups is 1. The highest BCUT2D eigenvalue weighted by Gasteiger charge is 2.23. The molecule has 0 bridgehead atoms. The molecule has 2 heterocycles. The third kappa shape index (κ3) is 3.92. The molecule has 0 radical (unpaired) electrons. The van der Waals surface area contributed by atoms with E-state index in [1.165, 1.54) is 0 Å². The molecule has 1 fully saturated rings. The number of hydrogen-bond acceptors (Lipinski definition) is 6. The summed E-state index contributed by atoms with van der Waals surface area (Å²) in [4.78, 5) is 16.7. The van der Waals surface area contributed by atoms with Gasteiger partial charge in [-0.25, -0.2) is 0 Å². The maximum Gasteiger partial charge on any atom is 0.253 e. The van der Waals surface area contributed by atoms with Crippen molar-refractivity contribution in [3.05, 3.63) is 71.6 Å². The van der Waals surface area contributed by atoms with Crippen LogP contribution in [0.2, 0.25) is 0 Å². The first kappa shape index (κ1) is 17.9. The van der Waals surface area contributed by atoms with Crippen molar-refractivity contribution >= 4 is 5.91 Å². The molecule has 0 atom stereocenters. The van der Waals surface area contributed by atoms with Crippen LogP contribution in [0.1, 0.15) is 21.8 Å². The normalized spacial score (nSPS) is 14.6. The molecule has 1 saturated heterocycles. The molecule has 1 amide bonds. The van der Waals surface area contributed by atoms with Crippen LogP contribution in [0.15, 0.2) is 59.0 Å². The van der Waals surface area contributed by atoms with Crippen molar-refractivity contribution in [3.63, 3.8) is 0 Å². The topological polar surface area (TPSA) is 86.3 Å². The van der Waals surface area contributed by atoms with Crippen LogP contribution in [0.25, 0.3) is 11.5 Å². The van der Waals surface area contributed by atoms with E-state index in [1.807, 2.05) is 35.2 Å². The Bertz CT molecular complexity index is 1000. The third-order valence-corrected chi connectivity index (χ3v) is 4.74. The fourth-order valence-electron chi connectivity index (χ4n) is 3.22. The predicted molar refractivity (Wildman–Crippen MR) is 102 cm³/mol. The quantitative estimate of drug-likeness (QED) is 0.699. The molecule has 0 saturated carbocycles. The molecule has 2 aromatic carbocycles. The summed E-state index contributed by atoms with van der Waals surface area (Å²) >= 11 is 0. The highest BCUT2D eigenvalue weighted by Crippen LogP contribution is 2.18. The lowest BCUT2D eigenvalue weighted by atomic mass is 10.1. The van der Waals surface area contributed by atoms with E-state index in [9.17, 15) is 4.79 Å². The monoisotopic (exact) mass is 373 g/mol. The molecule has 0 aliphatic carbocycles. The molecule has 3 aromatic rings. The van der Waals surface area contributed by atoms with Crippen LogP contribution in [0.4, 0.5) is 0 Å². The van der Waals surface area contributed by atoms with Gasteiger partial charge in [-0.1, -0.05) is 24.3 Å².